The van der Waals surface area contributed by atoms with Crippen LogP contribution in [0.15, 0.2) is 35.2 Å². The summed E-state index contributed by atoms with van der Waals surface area (Å²) in [6.45, 7) is 0.457. The number of carbonyl (C=O) groups excluding carboxylic acids is 1. The van der Waals surface area contributed by atoms with E-state index in [0.717, 1.165) is 5.56 Å². The molecule has 8 heteroatoms. The number of nitrogens with zero attached hydrogens (tertiary/aromatic N) is 2. The van der Waals surface area contributed by atoms with Crippen LogP contribution >= 0.6 is 0 Å². The van der Waals surface area contributed by atoms with Crippen molar-refractivity contribution in [2.45, 2.75) is 13.1 Å². The van der Waals surface area contributed by atoms with Gasteiger partial charge < -0.3 is 20.3 Å². The van der Waals surface area contributed by atoms with Gasteiger partial charge in [-0.05, 0) is 17.7 Å². The Morgan fingerprint density at radius 1 is 1.15 bits per heavy atom. The Hall–Kier alpha value is -2.90. The average Bonchev–Trinajstić information content (AvgIpc) is 2.96. The number of carbonyl (C=O) groups is 2. The van der Waals surface area contributed by atoms with Gasteiger partial charge in [-0.3, -0.25) is 0 Å². The van der Waals surface area contributed by atoms with Crippen LogP contribution in [0.4, 0.5) is 4.79 Å². The second kappa shape index (κ2) is 6.32. The van der Waals surface area contributed by atoms with Gasteiger partial charge in [-0.25, -0.2) is 9.59 Å². The summed E-state index contributed by atoms with van der Waals surface area (Å²) >= 11 is 0. The van der Waals surface area contributed by atoms with Gasteiger partial charge in [0.25, 0.3) is 0 Å². The molecule has 0 fully saturated rings. The predicted octanol–water partition coefficient (Wildman–Crippen LogP) is 0.767. The highest BCUT2D eigenvalue weighted by molar-refractivity contribution is 5.87. The average molecular weight is 276 g/mol. The quantitative estimate of drug-likeness (QED) is 0.742. The standard InChI is InChI=1S/C12H12N4O4/c17-11(18)9-3-1-8(2-4-9)5-13-12(19)14-6-10-15-7-20-16-10/h1-4,7H,5-6H2,(H,17,18)(H2,13,14,19). The fraction of sp³-hybridized carbons (Fsp3) is 0.167. The van der Waals surface area contributed by atoms with Crippen LogP contribution in [0.25, 0.3) is 0 Å². The molecule has 8 nitrogen and oxygen atoms in total. The second-order valence-electron chi connectivity index (χ2n) is 3.89. The molecule has 0 aliphatic rings. The fourth-order valence-electron chi connectivity index (χ4n) is 1.44. The van der Waals surface area contributed by atoms with Crippen LogP contribution in [-0.2, 0) is 13.1 Å². The van der Waals surface area contributed by atoms with Gasteiger partial charge in [0.15, 0.2) is 5.82 Å². The summed E-state index contributed by atoms with van der Waals surface area (Å²) in [6.07, 6.45) is 1.18. The Kier molecular flexibility index (Phi) is 4.28. The molecule has 104 valence electrons. The number of hydrogen-bond donors (Lipinski definition) is 3. The fourth-order valence-corrected chi connectivity index (χ4v) is 1.44. The summed E-state index contributed by atoms with van der Waals surface area (Å²) in [5.74, 6) is -0.603. The van der Waals surface area contributed by atoms with Crippen molar-refractivity contribution in [3.63, 3.8) is 0 Å². The Morgan fingerprint density at radius 3 is 2.45 bits per heavy atom. The van der Waals surface area contributed by atoms with E-state index in [1.807, 2.05) is 0 Å². The van der Waals surface area contributed by atoms with Gasteiger partial charge >= 0.3 is 12.0 Å². The lowest BCUT2D eigenvalue weighted by molar-refractivity contribution is 0.0697. The molecule has 0 bridgehead atoms. The monoisotopic (exact) mass is 276 g/mol. The Labute approximate surface area is 113 Å². The van der Waals surface area contributed by atoms with Crippen molar-refractivity contribution in [2.75, 3.05) is 0 Å². The molecule has 2 amide bonds. The number of hydrogen-bond acceptors (Lipinski definition) is 5. The highest BCUT2D eigenvalue weighted by Crippen LogP contribution is 2.04. The maximum atomic E-state index is 11.5. The van der Waals surface area contributed by atoms with E-state index in [1.54, 1.807) is 12.1 Å². The Bertz CT molecular complexity index is 580. The van der Waals surface area contributed by atoms with Gasteiger partial charge in [0.2, 0.25) is 6.39 Å². The van der Waals surface area contributed by atoms with E-state index < -0.39 is 5.97 Å². The van der Waals surface area contributed by atoms with Crippen molar-refractivity contribution in [1.82, 2.24) is 20.8 Å². The summed E-state index contributed by atoms with van der Waals surface area (Å²) in [5, 5.41) is 17.5. The van der Waals surface area contributed by atoms with Crippen molar-refractivity contribution in [3.8, 4) is 0 Å². The summed E-state index contributed by atoms with van der Waals surface area (Å²) in [7, 11) is 0. The zero-order valence-electron chi connectivity index (χ0n) is 10.4. The van der Waals surface area contributed by atoms with Crippen molar-refractivity contribution < 1.29 is 19.2 Å². The van der Waals surface area contributed by atoms with E-state index in [0.29, 0.717) is 5.82 Å². The highest BCUT2D eigenvalue weighted by atomic mass is 16.5. The number of urea groups is 1. The first kappa shape index (κ1) is 13.5. The number of carboxylic acids is 1. The molecule has 0 radical (unpaired) electrons. The molecule has 1 heterocycles. The number of nitrogens with one attached hydrogen (secondary N) is 2. The number of benzene rings is 1. The van der Waals surface area contributed by atoms with Crippen LogP contribution in [-0.4, -0.2) is 27.2 Å². The van der Waals surface area contributed by atoms with Crippen LogP contribution in [0.1, 0.15) is 21.7 Å². The van der Waals surface area contributed by atoms with Gasteiger partial charge in [-0.15, -0.1) is 0 Å². The van der Waals surface area contributed by atoms with Crippen molar-refractivity contribution >= 4 is 12.0 Å². The molecule has 0 saturated heterocycles. The molecule has 3 N–H and O–H groups in total. The van der Waals surface area contributed by atoms with Crippen LogP contribution in [0, 0.1) is 0 Å². The molecule has 1 aromatic heterocycles. The molecular weight excluding hydrogens is 264 g/mol. The normalized spacial score (nSPS) is 10.0. The van der Waals surface area contributed by atoms with E-state index in [1.165, 1.54) is 18.5 Å². The second-order valence-corrected chi connectivity index (χ2v) is 3.89. The van der Waals surface area contributed by atoms with Crippen LogP contribution < -0.4 is 10.6 Å². The van der Waals surface area contributed by atoms with Crippen LogP contribution in [0.2, 0.25) is 0 Å². The number of aromatic nitrogens is 2. The van der Waals surface area contributed by atoms with E-state index >= 15 is 0 Å². The van der Waals surface area contributed by atoms with Crippen molar-refractivity contribution in [2.24, 2.45) is 0 Å². The maximum Gasteiger partial charge on any atom is 0.335 e. The van der Waals surface area contributed by atoms with Gasteiger partial charge in [0.05, 0.1) is 12.1 Å². The van der Waals surface area contributed by atoms with E-state index in [2.05, 4.69) is 25.3 Å². The highest BCUT2D eigenvalue weighted by Gasteiger charge is 2.04. The minimum atomic E-state index is -0.984. The third-order valence-corrected chi connectivity index (χ3v) is 2.47. The first-order valence-corrected chi connectivity index (χ1v) is 5.74. The number of rotatable bonds is 5. The van der Waals surface area contributed by atoms with Gasteiger partial charge in [0, 0.05) is 6.54 Å². The molecule has 20 heavy (non-hydrogen) atoms. The molecule has 2 rings (SSSR count). The van der Waals surface area contributed by atoms with Gasteiger partial charge in [-0.2, -0.15) is 4.98 Å². The first-order chi connectivity index (χ1) is 9.65. The maximum absolute atomic E-state index is 11.5. The summed E-state index contributed by atoms with van der Waals surface area (Å²) in [5.41, 5.74) is 1.00. The number of carboxylic acid groups (broad SMARTS) is 1. The van der Waals surface area contributed by atoms with Crippen molar-refractivity contribution in [1.29, 1.82) is 0 Å². The largest absolute Gasteiger partial charge is 0.478 e. The van der Waals surface area contributed by atoms with E-state index in [-0.39, 0.29) is 24.7 Å². The minimum Gasteiger partial charge on any atom is -0.478 e. The molecule has 0 atom stereocenters. The Morgan fingerprint density at radius 2 is 1.85 bits per heavy atom. The summed E-state index contributed by atoms with van der Waals surface area (Å²) in [4.78, 5) is 25.9. The molecule has 0 aliphatic carbocycles. The molecule has 2 aromatic rings. The number of amides is 2. The summed E-state index contributed by atoms with van der Waals surface area (Å²) < 4.78 is 4.53. The minimum absolute atomic E-state index is 0.167. The third kappa shape index (κ3) is 3.80. The first-order valence-electron chi connectivity index (χ1n) is 5.74. The molecule has 0 saturated carbocycles. The lowest BCUT2D eigenvalue weighted by atomic mass is 10.1. The molecular formula is C12H12N4O4. The molecule has 0 aliphatic heterocycles. The zero-order valence-corrected chi connectivity index (χ0v) is 10.4. The van der Waals surface area contributed by atoms with Crippen molar-refractivity contribution in [3.05, 3.63) is 47.6 Å². The molecule has 0 spiro atoms. The van der Waals surface area contributed by atoms with E-state index in [9.17, 15) is 9.59 Å². The van der Waals surface area contributed by atoms with Gasteiger partial charge in [-0.1, -0.05) is 17.3 Å². The topological polar surface area (TPSA) is 117 Å². The van der Waals surface area contributed by atoms with Crippen LogP contribution in [0.3, 0.4) is 0 Å². The van der Waals surface area contributed by atoms with Crippen LogP contribution in [0.5, 0.6) is 0 Å². The van der Waals surface area contributed by atoms with E-state index in [4.69, 9.17) is 5.11 Å². The zero-order chi connectivity index (χ0) is 14.4. The predicted molar refractivity (Wildman–Crippen MR) is 66.8 cm³/mol. The SMILES string of the molecule is O=C(NCc1ccc(C(=O)O)cc1)NCc1ncon1. The third-order valence-electron chi connectivity index (χ3n) is 2.47. The molecule has 0 unspecified atom stereocenters. The number of aromatic carboxylic acids is 1. The lowest BCUT2D eigenvalue weighted by Gasteiger charge is -2.06. The lowest BCUT2D eigenvalue weighted by Crippen LogP contribution is -2.34. The van der Waals surface area contributed by atoms with Gasteiger partial charge in [0.1, 0.15) is 0 Å². The Balaban J connectivity index is 1.76. The molecule has 1 aromatic carbocycles. The smallest absolute Gasteiger partial charge is 0.335 e. The summed E-state index contributed by atoms with van der Waals surface area (Å²) in [6, 6.07) is 5.87.